The highest BCUT2D eigenvalue weighted by Crippen LogP contribution is 1.79. The molecule has 1 N–H and O–H groups in total. The summed E-state index contributed by atoms with van der Waals surface area (Å²) in [6, 6.07) is 0. The molecule has 0 aromatic heterocycles. The standard InChI is InChI=1S/C2H4O4S/c1-2(3)7(4,5)6/h1H3,(H,4,5,6). The summed E-state index contributed by atoms with van der Waals surface area (Å²) in [6.07, 6.45) is 0. The number of rotatable bonds is 0. The van der Waals surface area contributed by atoms with E-state index < -0.39 is 15.2 Å². The second-order valence-corrected chi connectivity index (χ2v) is 2.49. The second-order valence-electron chi connectivity index (χ2n) is 0.967. The molecular formula is C2H4O4S. The van der Waals surface area contributed by atoms with Gasteiger partial charge in [0.25, 0.3) is 5.12 Å². The van der Waals surface area contributed by atoms with Crippen molar-refractivity contribution in [3.8, 4) is 0 Å². The summed E-state index contributed by atoms with van der Waals surface area (Å²) < 4.78 is 26.8. The molecule has 0 saturated carbocycles. The van der Waals surface area contributed by atoms with Crippen LogP contribution in [0.4, 0.5) is 0 Å². The fourth-order valence-electron chi connectivity index (χ4n) is 0. The van der Waals surface area contributed by atoms with Gasteiger partial charge in [-0.3, -0.25) is 9.35 Å². The first-order valence-corrected chi connectivity index (χ1v) is 2.86. The minimum absolute atomic E-state index is 0.773. The van der Waals surface area contributed by atoms with Crippen LogP contribution in [0, 0.1) is 0 Å². The van der Waals surface area contributed by atoms with E-state index >= 15 is 0 Å². The first kappa shape index (κ1) is 6.58. The lowest BCUT2D eigenvalue weighted by Crippen LogP contribution is -2.07. The zero-order valence-corrected chi connectivity index (χ0v) is 4.40. The van der Waals surface area contributed by atoms with Crippen LogP contribution in [0.3, 0.4) is 0 Å². The Balaban J connectivity index is 4.43. The third-order valence-corrected chi connectivity index (χ3v) is 1.09. The van der Waals surface area contributed by atoms with Gasteiger partial charge in [-0.2, -0.15) is 8.42 Å². The van der Waals surface area contributed by atoms with Gasteiger partial charge in [0.1, 0.15) is 0 Å². The molecule has 0 aromatic carbocycles. The molecule has 0 heterocycles. The molecule has 5 heteroatoms. The summed E-state index contributed by atoms with van der Waals surface area (Å²) in [6.45, 7) is 0.773. The average molecular weight is 124 g/mol. The fraction of sp³-hybridized carbons (Fsp3) is 0.500. The van der Waals surface area contributed by atoms with Crippen molar-refractivity contribution in [3.05, 3.63) is 0 Å². The summed E-state index contributed by atoms with van der Waals surface area (Å²) in [5, 5.41) is -1.23. The summed E-state index contributed by atoms with van der Waals surface area (Å²) >= 11 is 0. The van der Waals surface area contributed by atoms with E-state index in [0.717, 1.165) is 6.92 Å². The van der Waals surface area contributed by atoms with Gasteiger partial charge in [-0.15, -0.1) is 0 Å². The Hall–Kier alpha value is -0.420. The predicted molar refractivity (Wildman–Crippen MR) is 22.2 cm³/mol. The average Bonchev–Trinajstić information content (AvgIpc) is 1.31. The lowest BCUT2D eigenvalue weighted by molar-refractivity contribution is -0.110. The Morgan fingerprint density at radius 3 is 1.71 bits per heavy atom. The van der Waals surface area contributed by atoms with Gasteiger partial charge in [-0.05, 0) is 0 Å². The zero-order valence-electron chi connectivity index (χ0n) is 3.58. The molecular weight excluding hydrogens is 120 g/mol. The van der Waals surface area contributed by atoms with E-state index in [4.69, 9.17) is 4.55 Å². The van der Waals surface area contributed by atoms with E-state index in [1.807, 2.05) is 0 Å². The topological polar surface area (TPSA) is 71.4 Å². The Kier molecular flexibility index (Phi) is 1.49. The third-order valence-electron chi connectivity index (χ3n) is 0.363. The molecule has 0 aromatic rings. The quantitative estimate of drug-likeness (QED) is 0.438. The van der Waals surface area contributed by atoms with Gasteiger partial charge in [0, 0.05) is 6.92 Å². The normalized spacial score (nSPS) is 11.1. The monoisotopic (exact) mass is 124 g/mol. The Bertz CT molecular complexity index is 164. The maximum Gasteiger partial charge on any atom is 0.328 e. The van der Waals surface area contributed by atoms with Crippen molar-refractivity contribution in [1.82, 2.24) is 0 Å². The van der Waals surface area contributed by atoms with Crippen molar-refractivity contribution < 1.29 is 17.8 Å². The van der Waals surface area contributed by atoms with Crippen LogP contribution in [0.1, 0.15) is 6.92 Å². The van der Waals surface area contributed by atoms with E-state index in [0.29, 0.717) is 0 Å². The highest BCUT2D eigenvalue weighted by Gasteiger charge is 2.09. The molecule has 0 rings (SSSR count). The molecule has 7 heavy (non-hydrogen) atoms. The van der Waals surface area contributed by atoms with E-state index in [2.05, 4.69) is 0 Å². The molecule has 0 bridgehead atoms. The van der Waals surface area contributed by atoms with Crippen molar-refractivity contribution in [3.63, 3.8) is 0 Å². The van der Waals surface area contributed by atoms with Crippen LogP contribution in [0.5, 0.6) is 0 Å². The number of carbonyl (C=O) groups excluding carboxylic acids is 1. The first-order chi connectivity index (χ1) is 2.94. The summed E-state index contributed by atoms with van der Waals surface area (Å²) in [4.78, 5) is 9.63. The molecule has 4 nitrogen and oxygen atoms in total. The van der Waals surface area contributed by atoms with Crippen LogP contribution in [0.2, 0.25) is 0 Å². The Labute approximate surface area is 40.9 Å². The van der Waals surface area contributed by atoms with Gasteiger partial charge < -0.3 is 0 Å². The largest absolute Gasteiger partial charge is 0.328 e. The van der Waals surface area contributed by atoms with Crippen LogP contribution in [0.15, 0.2) is 0 Å². The number of carbonyl (C=O) groups is 1. The van der Waals surface area contributed by atoms with Crippen LogP contribution in [0.25, 0.3) is 0 Å². The summed E-state index contributed by atoms with van der Waals surface area (Å²) in [5.41, 5.74) is 0. The van der Waals surface area contributed by atoms with Crippen molar-refractivity contribution in [2.45, 2.75) is 6.92 Å². The minimum Gasteiger partial charge on any atom is -0.280 e. The molecule has 0 aliphatic rings. The smallest absolute Gasteiger partial charge is 0.280 e. The highest BCUT2D eigenvalue weighted by atomic mass is 32.2. The molecule has 0 atom stereocenters. The Morgan fingerprint density at radius 2 is 1.71 bits per heavy atom. The first-order valence-electron chi connectivity index (χ1n) is 1.42. The predicted octanol–water partition coefficient (Wildman–Crippen LogP) is -0.579. The van der Waals surface area contributed by atoms with Gasteiger partial charge in [-0.25, -0.2) is 0 Å². The highest BCUT2D eigenvalue weighted by molar-refractivity contribution is 8.01. The number of hydrogen-bond acceptors (Lipinski definition) is 3. The number of hydrogen-bond donors (Lipinski definition) is 1. The van der Waals surface area contributed by atoms with E-state index in [1.165, 1.54) is 0 Å². The maximum atomic E-state index is 9.63. The molecule has 0 spiro atoms. The van der Waals surface area contributed by atoms with Gasteiger partial charge in [0.15, 0.2) is 0 Å². The molecule has 0 saturated heterocycles. The van der Waals surface area contributed by atoms with Crippen LogP contribution >= 0.6 is 0 Å². The van der Waals surface area contributed by atoms with Crippen molar-refractivity contribution in [1.29, 1.82) is 0 Å². The van der Waals surface area contributed by atoms with Crippen molar-refractivity contribution in [2.24, 2.45) is 0 Å². The van der Waals surface area contributed by atoms with E-state index in [1.54, 1.807) is 0 Å². The summed E-state index contributed by atoms with van der Waals surface area (Å²) in [7, 11) is -4.38. The SMILES string of the molecule is CC(=O)S(=O)(=O)O. The summed E-state index contributed by atoms with van der Waals surface area (Å²) in [5.74, 6) is 0. The van der Waals surface area contributed by atoms with Crippen LogP contribution < -0.4 is 0 Å². The van der Waals surface area contributed by atoms with Gasteiger partial charge >= 0.3 is 10.1 Å². The molecule has 0 fully saturated rings. The molecule has 0 amide bonds. The van der Waals surface area contributed by atoms with Gasteiger partial charge in [0.05, 0.1) is 0 Å². The third kappa shape index (κ3) is 2.30. The van der Waals surface area contributed by atoms with Crippen LogP contribution in [-0.4, -0.2) is 18.1 Å². The van der Waals surface area contributed by atoms with Crippen LogP contribution in [-0.2, 0) is 14.9 Å². The molecule has 0 radical (unpaired) electrons. The lowest BCUT2D eigenvalue weighted by atomic mass is 10.9. The van der Waals surface area contributed by atoms with Crippen molar-refractivity contribution in [2.75, 3.05) is 0 Å². The fourth-order valence-corrected chi connectivity index (χ4v) is 0. The maximum absolute atomic E-state index is 9.63. The van der Waals surface area contributed by atoms with Gasteiger partial charge in [0.2, 0.25) is 0 Å². The van der Waals surface area contributed by atoms with Crippen molar-refractivity contribution >= 4 is 15.2 Å². The molecule has 0 aliphatic heterocycles. The lowest BCUT2D eigenvalue weighted by Gasteiger charge is -1.80. The minimum atomic E-state index is -4.38. The molecule has 0 aliphatic carbocycles. The van der Waals surface area contributed by atoms with E-state index in [9.17, 15) is 13.2 Å². The zero-order chi connectivity index (χ0) is 6.08. The molecule has 0 unspecified atom stereocenters. The second kappa shape index (κ2) is 1.59. The van der Waals surface area contributed by atoms with Gasteiger partial charge in [-0.1, -0.05) is 0 Å². The molecule has 42 valence electrons. The Morgan fingerprint density at radius 1 is 1.57 bits per heavy atom. The van der Waals surface area contributed by atoms with E-state index in [-0.39, 0.29) is 0 Å².